The Kier molecular flexibility index (Phi) is 3.18. The molecule has 0 N–H and O–H groups in total. The van der Waals surface area contributed by atoms with E-state index in [1.807, 2.05) is 12.1 Å². The average Bonchev–Trinajstić information content (AvgIpc) is 3.17. The van der Waals surface area contributed by atoms with Gasteiger partial charge in [-0.2, -0.15) is 0 Å². The summed E-state index contributed by atoms with van der Waals surface area (Å²) in [7, 11) is 0. The fourth-order valence-corrected chi connectivity index (χ4v) is 4.65. The van der Waals surface area contributed by atoms with Crippen LogP contribution in [-0.4, -0.2) is 29.5 Å². The molecule has 0 aliphatic rings. The first-order chi connectivity index (χ1) is 15.4. The van der Waals surface area contributed by atoms with Crippen LogP contribution in [-0.2, 0) is 0 Å². The molecule has 0 radical (unpaired) electrons. The zero-order chi connectivity index (χ0) is 20.4. The molecule has 7 aromatic rings. The fraction of sp³-hybridized carbons (Fsp3) is 0. The van der Waals surface area contributed by atoms with Crippen LogP contribution in [0.2, 0.25) is 0 Å². The van der Waals surface area contributed by atoms with E-state index in [1.54, 1.807) is 12.4 Å². The summed E-state index contributed by atoms with van der Waals surface area (Å²) >= 11 is 0. The molecule has 0 spiro atoms. The van der Waals surface area contributed by atoms with Crippen molar-refractivity contribution in [3.63, 3.8) is 0 Å². The lowest BCUT2D eigenvalue weighted by Gasteiger charge is -2.10. The maximum absolute atomic E-state index is 4.71. The van der Waals surface area contributed by atoms with Crippen LogP contribution in [0, 0.1) is 0 Å². The van der Waals surface area contributed by atoms with Gasteiger partial charge < -0.3 is 0 Å². The summed E-state index contributed by atoms with van der Waals surface area (Å²) in [5.41, 5.74) is 3.89. The van der Waals surface area contributed by atoms with Crippen molar-refractivity contribution in [3.05, 3.63) is 85.7 Å². The molecule has 0 atom stereocenters. The molecule has 0 saturated carbocycles. The quantitative estimate of drug-likeness (QED) is 0.355. The number of fused-ring (bicyclic) bond motifs is 9. The number of rotatable bonds is 1. The molecule has 6 heteroatoms. The molecule has 0 unspecified atom stereocenters. The SMILES string of the molecule is c1ccc2c(c1)c1cc3c4ccccc4n(-c4ncncn4)c3cc1c1nccnc21. The fourth-order valence-electron chi connectivity index (χ4n) is 4.65. The van der Waals surface area contributed by atoms with E-state index < -0.39 is 0 Å². The molecule has 0 amide bonds. The van der Waals surface area contributed by atoms with Crippen LogP contribution >= 0.6 is 0 Å². The van der Waals surface area contributed by atoms with Gasteiger partial charge in [-0.1, -0.05) is 42.5 Å². The predicted octanol–water partition coefficient (Wildman–Crippen LogP) is 5.22. The minimum absolute atomic E-state index is 0.594. The Labute approximate surface area is 175 Å². The van der Waals surface area contributed by atoms with Crippen molar-refractivity contribution in [2.24, 2.45) is 0 Å². The normalized spacial score (nSPS) is 11.9. The van der Waals surface area contributed by atoms with E-state index in [-0.39, 0.29) is 0 Å². The summed E-state index contributed by atoms with van der Waals surface area (Å²) in [6, 6.07) is 21.2. The number of hydrogen-bond donors (Lipinski definition) is 0. The predicted molar refractivity (Wildman–Crippen MR) is 122 cm³/mol. The average molecular weight is 398 g/mol. The van der Waals surface area contributed by atoms with Gasteiger partial charge in [0.15, 0.2) is 0 Å². The van der Waals surface area contributed by atoms with E-state index in [1.165, 1.54) is 18.0 Å². The lowest BCUT2D eigenvalue weighted by atomic mass is 9.97. The molecule has 0 aliphatic carbocycles. The smallest absolute Gasteiger partial charge is 0.237 e. The van der Waals surface area contributed by atoms with Crippen LogP contribution in [0.25, 0.3) is 60.3 Å². The van der Waals surface area contributed by atoms with Crippen molar-refractivity contribution in [2.75, 3.05) is 0 Å². The van der Waals surface area contributed by atoms with Crippen molar-refractivity contribution in [3.8, 4) is 5.95 Å². The number of nitrogens with zero attached hydrogens (tertiary/aromatic N) is 6. The summed E-state index contributed by atoms with van der Waals surface area (Å²) in [5, 5.41) is 6.81. The molecule has 6 nitrogen and oxygen atoms in total. The van der Waals surface area contributed by atoms with Gasteiger partial charge in [0.05, 0.1) is 22.1 Å². The highest BCUT2D eigenvalue weighted by molar-refractivity contribution is 6.27. The molecule has 0 bridgehead atoms. The topological polar surface area (TPSA) is 69.4 Å². The van der Waals surface area contributed by atoms with Gasteiger partial charge in [-0.25, -0.2) is 15.0 Å². The molecule has 0 fully saturated rings. The number of para-hydroxylation sites is 1. The summed E-state index contributed by atoms with van der Waals surface area (Å²) in [5.74, 6) is 0.594. The lowest BCUT2D eigenvalue weighted by Crippen LogP contribution is -2.00. The van der Waals surface area contributed by atoms with Crippen molar-refractivity contribution in [1.29, 1.82) is 0 Å². The summed E-state index contributed by atoms with van der Waals surface area (Å²) in [6.45, 7) is 0. The van der Waals surface area contributed by atoms with Gasteiger partial charge in [0.25, 0.3) is 0 Å². The summed E-state index contributed by atoms with van der Waals surface area (Å²) < 4.78 is 2.09. The summed E-state index contributed by atoms with van der Waals surface area (Å²) in [6.07, 6.45) is 6.56. The molecule has 3 aromatic heterocycles. The van der Waals surface area contributed by atoms with Crippen LogP contribution in [0.3, 0.4) is 0 Å². The zero-order valence-electron chi connectivity index (χ0n) is 16.3. The monoisotopic (exact) mass is 398 g/mol. The Bertz CT molecular complexity index is 1790. The molecule has 144 valence electrons. The van der Waals surface area contributed by atoms with Crippen molar-refractivity contribution >= 4 is 54.4 Å². The Hall–Kier alpha value is -4.45. The van der Waals surface area contributed by atoms with Gasteiger partial charge >= 0.3 is 0 Å². The minimum Gasteiger partial charge on any atom is -0.278 e. The van der Waals surface area contributed by atoms with E-state index >= 15 is 0 Å². The first kappa shape index (κ1) is 16.4. The Morgan fingerprint density at radius 2 is 1.19 bits per heavy atom. The minimum atomic E-state index is 0.594. The maximum atomic E-state index is 4.71. The molecule has 4 aromatic carbocycles. The highest BCUT2D eigenvalue weighted by atomic mass is 15.2. The first-order valence-corrected chi connectivity index (χ1v) is 10.0. The Morgan fingerprint density at radius 3 is 2.00 bits per heavy atom. The van der Waals surface area contributed by atoms with Gasteiger partial charge in [0, 0.05) is 33.9 Å². The van der Waals surface area contributed by atoms with Gasteiger partial charge in [0.2, 0.25) is 5.95 Å². The maximum Gasteiger partial charge on any atom is 0.237 e. The van der Waals surface area contributed by atoms with Crippen LogP contribution in [0.5, 0.6) is 0 Å². The van der Waals surface area contributed by atoms with E-state index in [0.29, 0.717) is 5.95 Å². The number of benzene rings is 4. The van der Waals surface area contributed by atoms with Gasteiger partial charge in [-0.15, -0.1) is 0 Å². The highest BCUT2D eigenvalue weighted by Gasteiger charge is 2.17. The number of hydrogen-bond acceptors (Lipinski definition) is 5. The molecule has 3 heterocycles. The first-order valence-electron chi connectivity index (χ1n) is 10.0. The van der Waals surface area contributed by atoms with Gasteiger partial charge in [0.1, 0.15) is 12.7 Å². The van der Waals surface area contributed by atoms with Crippen LogP contribution in [0.15, 0.2) is 85.7 Å². The van der Waals surface area contributed by atoms with Crippen LogP contribution < -0.4 is 0 Å². The third-order valence-corrected chi connectivity index (χ3v) is 5.92. The van der Waals surface area contributed by atoms with Crippen molar-refractivity contribution in [2.45, 2.75) is 0 Å². The Balaban J connectivity index is 1.78. The molecule has 31 heavy (non-hydrogen) atoms. The van der Waals surface area contributed by atoms with Crippen LogP contribution in [0.4, 0.5) is 0 Å². The largest absolute Gasteiger partial charge is 0.278 e. The third-order valence-electron chi connectivity index (χ3n) is 5.92. The molecular formula is C25H14N6. The molecule has 0 saturated heterocycles. The highest BCUT2D eigenvalue weighted by Crippen LogP contribution is 2.39. The molecule has 0 aliphatic heterocycles. The second kappa shape index (κ2) is 6.03. The molecule has 7 rings (SSSR count). The van der Waals surface area contributed by atoms with Gasteiger partial charge in [-0.3, -0.25) is 14.5 Å². The second-order valence-electron chi connectivity index (χ2n) is 7.50. The van der Waals surface area contributed by atoms with Crippen LogP contribution in [0.1, 0.15) is 0 Å². The zero-order valence-corrected chi connectivity index (χ0v) is 16.3. The van der Waals surface area contributed by atoms with Crippen molar-refractivity contribution < 1.29 is 0 Å². The second-order valence-corrected chi connectivity index (χ2v) is 7.50. The number of aromatic nitrogens is 6. The van der Waals surface area contributed by atoms with E-state index in [9.17, 15) is 0 Å². The van der Waals surface area contributed by atoms with E-state index in [0.717, 1.165) is 49.0 Å². The standard InChI is InChI=1S/C25H14N6/c1-2-7-17-15(5-1)18-11-19-16-6-3-4-8-21(16)31(25-29-13-26-14-30-25)22(19)12-20(18)24-23(17)27-9-10-28-24/h1-14H. The van der Waals surface area contributed by atoms with Gasteiger partial charge in [-0.05, 0) is 29.0 Å². The Morgan fingerprint density at radius 1 is 0.516 bits per heavy atom. The van der Waals surface area contributed by atoms with E-state index in [2.05, 4.69) is 73.0 Å². The molecular weight excluding hydrogens is 384 g/mol. The third kappa shape index (κ3) is 2.18. The van der Waals surface area contributed by atoms with Crippen molar-refractivity contribution in [1.82, 2.24) is 29.5 Å². The van der Waals surface area contributed by atoms with E-state index in [4.69, 9.17) is 4.98 Å². The lowest BCUT2D eigenvalue weighted by molar-refractivity contribution is 0.940. The summed E-state index contributed by atoms with van der Waals surface area (Å²) in [4.78, 5) is 22.2.